The predicted octanol–water partition coefficient (Wildman–Crippen LogP) is 1.48. The number of aromatic nitrogens is 3. The maximum atomic E-state index is 12.4. The summed E-state index contributed by atoms with van der Waals surface area (Å²) < 4.78 is 11.2. The van der Waals surface area contributed by atoms with Crippen molar-refractivity contribution in [3.8, 4) is 11.3 Å². The number of pyridine rings is 1. The fourth-order valence-corrected chi connectivity index (χ4v) is 4.40. The summed E-state index contributed by atoms with van der Waals surface area (Å²) in [6.07, 6.45) is 0. The van der Waals surface area contributed by atoms with E-state index in [1.807, 2.05) is 24.3 Å². The summed E-state index contributed by atoms with van der Waals surface area (Å²) in [5.74, 6) is 1.28. The van der Waals surface area contributed by atoms with Crippen molar-refractivity contribution in [2.75, 3.05) is 69.0 Å². The molecule has 2 saturated heterocycles. The smallest absolute Gasteiger partial charge is 0.251 e. The van der Waals surface area contributed by atoms with Gasteiger partial charge in [0.2, 0.25) is 5.95 Å². The lowest BCUT2D eigenvalue weighted by molar-refractivity contribution is 0.0944. The Hall–Kier alpha value is -3.34. The molecule has 1 aromatic carbocycles. The molecule has 2 aromatic heterocycles. The van der Waals surface area contributed by atoms with Crippen molar-refractivity contribution in [1.29, 1.82) is 0 Å². The predicted molar refractivity (Wildman–Crippen MR) is 133 cm³/mol. The molecule has 4 heterocycles. The Bertz CT molecular complexity index is 1200. The molecule has 0 spiro atoms. The van der Waals surface area contributed by atoms with Gasteiger partial charge in [-0.25, -0.2) is 4.98 Å². The van der Waals surface area contributed by atoms with Crippen molar-refractivity contribution in [2.24, 2.45) is 0 Å². The van der Waals surface area contributed by atoms with Gasteiger partial charge in [-0.1, -0.05) is 12.1 Å². The molecule has 2 N–H and O–H groups in total. The molecule has 1 atom stereocenters. The molecule has 5 rings (SSSR count). The molecule has 0 bridgehead atoms. The molecule has 184 valence electrons. The molecule has 2 aliphatic heterocycles. The quantitative estimate of drug-likeness (QED) is 0.544. The van der Waals surface area contributed by atoms with E-state index >= 15 is 0 Å². The number of carbonyl (C=O) groups excluding carboxylic acids is 1. The highest BCUT2D eigenvalue weighted by molar-refractivity contribution is 5.95. The Morgan fingerprint density at radius 3 is 2.71 bits per heavy atom. The number of fused-ring (bicyclic) bond motifs is 1. The number of nitrogens with zero attached hydrogens (tertiary/aromatic N) is 5. The zero-order chi connectivity index (χ0) is 24.2. The maximum Gasteiger partial charge on any atom is 0.251 e. The summed E-state index contributed by atoms with van der Waals surface area (Å²) in [5, 5.41) is 12.6. The second-order valence-corrected chi connectivity index (χ2v) is 8.69. The topological polar surface area (TPSA) is 113 Å². The van der Waals surface area contributed by atoms with Crippen molar-refractivity contribution >= 4 is 28.7 Å². The van der Waals surface area contributed by atoms with Gasteiger partial charge in [0.25, 0.3) is 5.91 Å². The van der Waals surface area contributed by atoms with Crippen molar-refractivity contribution < 1.29 is 19.4 Å². The van der Waals surface area contributed by atoms with E-state index in [-0.39, 0.29) is 25.1 Å². The molecular weight excluding hydrogens is 448 g/mol. The van der Waals surface area contributed by atoms with Crippen LogP contribution in [0, 0.1) is 0 Å². The largest absolute Gasteiger partial charge is 0.395 e. The Balaban J connectivity index is 1.56. The lowest BCUT2D eigenvalue weighted by atomic mass is 10.1. The number of carbonyl (C=O) groups is 1. The Morgan fingerprint density at radius 2 is 1.91 bits per heavy atom. The van der Waals surface area contributed by atoms with Crippen LogP contribution in [0.3, 0.4) is 0 Å². The number of aliphatic hydroxyl groups is 1. The average Bonchev–Trinajstić information content (AvgIpc) is 2.91. The highest BCUT2D eigenvalue weighted by Crippen LogP contribution is 2.30. The number of ether oxygens (including phenoxy) is 2. The Kier molecular flexibility index (Phi) is 7.03. The third kappa shape index (κ3) is 5.04. The van der Waals surface area contributed by atoms with E-state index in [9.17, 15) is 4.79 Å². The second kappa shape index (κ2) is 10.5. The fraction of sp³-hybridized carbons (Fsp3) is 0.440. The molecule has 3 aromatic rings. The van der Waals surface area contributed by atoms with Crippen LogP contribution < -0.4 is 15.1 Å². The lowest BCUT2D eigenvalue weighted by Gasteiger charge is -2.34. The summed E-state index contributed by atoms with van der Waals surface area (Å²) in [7, 11) is 0. The number of hydrogen-bond donors (Lipinski definition) is 2. The molecule has 1 amide bonds. The summed E-state index contributed by atoms with van der Waals surface area (Å²) in [4.78, 5) is 31.5. The molecule has 0 radical (unpaired) electrons. The summed E-state index contributed by atoms with van der Waals surface area (Å²) in [5.41, 5.74) is 2.67. The first-order valence-electron chi connectivity index (χ1n) is 12.0. The average molecular weight is 479 g/mol. The highest BCUT2D eigenvalue weighted by atomic mass is 16.5. The first-order chi connectivity index (χ1) is 17.1. The van der Waals surface area contributed by atoms with Crippen LogP contribution in [0.25, 0.3) is 22.3 Å². The molecule has 10 heteroatoms. The van der Waals surface area contributed by atoms with Gasteiger partial charge in [0.1, 0.15) is 5.82 Å². The van der Waals surface area contributed by atoms with E-state index in [4.69, 9.17) is 29.5 Å². The van der Waals surface area contributed by atoms with E-state index in [0.717, 1.165) is 42.1 Å². The zero-order valence-electron chi connectivity index (χ0n) is 19.8. The van der Waals surface area contributed by atoms with Crippen LogP contribution >= 0.6 is 0 Å². The molecule has 0 saturated carbocycles. The number of amides is 1. The minimum Gasteiger partial charge on any atom is -0.395 e. The SMILES string of the molecule is CC1COCCN1c1nc(N2CCOCC2)c2ccc(-c3cccc(C(=O)NCCO)c3)nc2n1. The molecule has 1 unspecified atom stereocenters. The molecule has 0 aliphatic carbocycles. The minimum atomic E-state index is -0.234. The highest BCUT2D eigenvalue weighted by Gasteiger charge is 2.25. The van der Waals surface area contributed by atoms with Crippen LogP contribution in [0.4, 0.5) is 11.8 Å². The molecular formula is C25H30N6O4. The first kappa shape index (κ1) is 23.4. The normalized spacial score (nSPS) is 18.6. The number of benzene rings is 1. The van der Waals surface area contributed by atoms with E-state index < -0.39 is 0 Å². The van der Waals surface area contributed by atoms with Gasteiger partial charge in [-0.2, -0.15) is 9.97 Å². The third-order valence-electron chi connectivity index (χ3n) is 6.28. The van der Waals surface area contributed by atoms with Gasteiger partial charge in [0.05, 0.1) is 50.2 Å². The number of aliphatic hydroxyl groups excluding tert-OH is 1. The van der Waals surface area contributed by atoms with E-state index in [2.05, 4.69) is 22.0 Å². The lowest BCUT2D eigenvalue weighted by Crippen LogP contribution is -2.45. The van der Waals surface area contributed by atoms with Crippen molar-refractivity contribution in [3.05, 3.63) is 42.0 Å². The van der Waals surface area contributed by atoms with Gasteiger partial charge in [-0.3, -0.25) is 4.79 Å². The van der Waals surface area contributed by atoms with Gasteiger partial charge >= 0.3 is 0 Å². The van der Waals surface area contributed by atoms with Crippen LogP contribution in [0.15, 0.2) is 36.4 Å². The van der Waals surface area contributed by atoms with Gasteiger partial charge in [0.15, 0.2) is 5.65 Å². The summed E-state index contributed by atoms with van der Waals surface area (Å²) in [6, 6.07) is 11.4. The molecule has 35 heavy (non-hydrogen) atoms. The van der Waals surface area contributed by atoms with Crippen LogP contribution in [-0.4, -0.2) is 91.2 Å². The maximum absolute atomic E-state index is 12.4. The van der Waals surface area contributed by atoms with Gasteiger partial charge in [-0.05, 0) is 31.2 Å². The monoisotopic (exact) mass is 478 g/mol. The van der Waals surface area contributed by atoms with Crippen molar-refractivity contribution in [1.82, 2.24) is 20.3 Å². The van der Waals surface area contributed by atoms with Crippen molar-refractivity contribution in [2.45, 2.75) is 13.0 Å². The number of morpholine rings is 2. The Labute approximate surface area is 203 Å². The van der Waals surface area contributed by atoms with Crippen LogP contribution in [0.2, 0.25) is 0 Å². The van der Waals surface area contributed by atoms with Gasteiger partial charge in [0, 0.05) is 37.3 Å². The van der Waals surface area contributed by atoms with Crippen LogP contribution in [-0.2, 0) is 9.47 Å². The zero-order valence-corrected chi connectivity index (χ0v) is 19.8. The number of rotatable bonds is 6. The molecule has 10 nitrogen and oxygen atoms in total. The summed E-state index contributed by atoms with van der Waals surface area (Å²) in [6.45, 7) is 7.04. The first-order valence-corrected chi connectivity index (χ1v) is 12.0. The standard InChI is InChI=1S/C25H30N6O4/c1-17-16-35-14-10-31(17)25-28-22-20(23(29-25)30-8-12-34-13-9-30)5-6-21(27-22)18-3-2-4-19(15-18)24(33)26-7-11-32/h2-6,15,17,32H,7-14,16H2,1H3,(H,26,33). The van der Waals surface area contributed by atoms with E-state index in [0.29, 0.717) is 43.6 Å². The van der Waals surface area contributed by atoms with Gasteiger partial charge in [-0.15, -0.1) is 0 Å². The Morgan fingerprint density at radius 1 is 1.09 bits per heavy atom. The van der Waals surface area contributed by atoms with E-state index in [1.165, 1.54) is 0 Å². The van der Waals surface area contributed by atoms with Crippen molar-refractivity contribution in [3.63, 3.8) is 0 Å². The van der Waals surface area contributed by atoms with Crippen LogP contribution in [0.1, 0.15) is 17.3 Å². The van der Waals surface area contributed by atoms with Crippen LogP contribution in [0.5, 0.6) is 0 Å². The van der Waals surface area contributed by atoms with E-state index in [1.54, 1.807) is 12.1 Å². The number of anilines is 2. The minimum absolute atomic E-state index is 0.104. The second-order valence-electron chi connectivity index (χ2n) is 8.69. The summed E-state index contributed by atoms with van der Waals surface area (Å²) >= 11 is 0. The third-order valence-corrected chi connectivity index (χ3v) is 6.28. The molecule has 2 fully saturated rings. The molecule has 2 aliphatic rings. The number of nitrogens with one attached hydrogen (secondary N) is 1. The fourth-order valence-electron chi connectivity index (χ4n) is 4.40. The number of hydrogen-bond acceptors (Lipinski definition) is 9. The van der Waals surface area contributed by atoms with Gasteiger partial charge < -0.3 is 29.7 Å².